The molecule has 0 fully saturated rings. The van der Waals surface area contributed by atoms with Crippen LogP contribution in [-0.4, -0.2) is 19.4 Å². The summed E-state index contributed by atoms with van der Waals surface area (Å²) in [4.78, 5) is 20.9. The van der Waals surface area contributed by atoms with Gasteiger partial charge in [0.2, 0.25) is 0 Å². The fourth-order valence-corrected chi connectivity index (χ4v) is 0.688. The highest BCUT2D eigenvalue weighted by molar-refractivity contribution is 5.78. The number of hydrogen-bond acceptors (Lipinski definition) is 3. The maximum atomic E-state index is 10.8. The summed E-state index contributed by atoms with van der Waals surface area (Å²) in [5.74, 6) is -0.670. The fourth-order valence-electron chi connectivity index (χ4n) is 0.688. The molecule has 0 saturated carbocycles. The average Bonchev–Trinajstić information content (AvgIpc) is 2.02. The standard InChI is InChI=1S/C8H12O3/c1-6(5-9)4-7(2)8(10)11-3/h4-5,7H,1-3H3/b6-4+. The van der Waals surface area contributed by atoms with Gasteiger partial charge in [0.05, 0.1) is 13.0 Å². The molecule has 0 bridgehead atoms. The van der Waals surface area contributed by atoms with Crippen molar-refractivity contribution in [3.8, 4) is 0 Å². The van der Waals surface area contributed by atoms with Crippen LogP contribution in [0.4, 0.5) is 0 Å². The monoisotopic (exact) mass is 156 g/mol. The molecule has 0 aliphatic carbocycles. The maximum absolute atomic E-state index is 10.8. The van der Waals surface area contributed by atoms with Crippen LogP contribution in [0.3, 0.4) is 0 Å². The molecule has 0 amide bonds. The van der Waals surface area contributed by atoms with Crippen molar-refractivity contribution < 1.29 is 14.3 Å². The molecule has 0 saturated heterocycles. The Morgan fingerprint density at radius 3 is 2.45 bits per heavy atom. The van der Waals surface area contributed by atoms with Crippen LogP contribution in [0.5, 0.6) is 0 Å². The fraction of sp³-hybridized carbons (Fsp3) is 0.500. The second-order valence-electron chi connectivity index (χ2n) is 2.34. The highest BCUT2D eigenvalue weighted by Gasteiger charge is 2.09. The van der Waals surface area contributed by atoms with Crippen LogP contribution in [0.25, 0.3) is 0 Å². The van der Waals surface area contributed by atoms with Crippen molar-refractivity contribution in [2.24, 2.45) is 5.92 Å². The number of carbonyl (C=O) groups excluding carboxylic acids is 2. The molecule has 0 rings (SSSR count). The van der Waals surface area contributed by atoms with Gasteiger partial charge in [-0.25, -0.2) is 0 Å². The normalized spacial score (nSPS) is 13.9. The first kappa shape index (κ1) is 9.88. The lowest BCUT2D eigenvalue weighted by Gasteiger charge is -2.02. The zero-order valence-corrected chi connectivity index (χ0v) is 6.96. The number of rotatable bonds is 3. The second kappa shape index (κ2) is 4.66. The van der Waals surface area contributed by atoms with Gasteiger partial charge in [-0.1, -0.05) is 6.08 Å². The third-order valence-electron chi connectivity index (χ3n) is 1.27. The molecule has 0 aromatic heterocycles. The van der Waals surface area contributed by atoms with Gasteiger partial charge in [-0.3, -0.25) is 9.59 Å². The minimum Gasteiger partial charge on any atom is -0.469 e. The van der Waals surface area contributed by atoms with Crippen molar-refractivity contribution >= 4 is 12.3 Å². The summed E-state index contributed by atoms with van der Waals surface area (Å²) >= 11 is 0. The minimum atomic E-state index is -0.342. The van der Waals surface area contributed by atoms with E-state index in [-0.39, 0.29) is 11.9 Å². The summed E-state index contributed by atoms with van der Waals surface area (Å²) < 4.78 is 4.46. The van der Waals surface area contributed by atoms with Crippen molar-refractivity contribution in [2.75, 3.05) is 7.11 Å². The predicted octanol–water partition coefficient (Wildman–Crippen LogP) is 0.941. The topological polar surface area (TPSA) is 43.4 Å². The minimum absolute atomic E-state index is 0.328. The van der Waals surface area contributed by atoms with Crippen LogP contribution in [0.1, 0.15) is 13.8 Å². The lowest BCUT2D eigenvalue weighted by atomic mass is 10.1. The maximum Gasteiger partial charge on any atom is 0.312 e. The van der Waals surface area contributed by atoms with Crippen molar-refractivity contribution in [2.45, 2.75) is 13.8 Å². The highest BCUT2D eigenvalue weighted by atomic mass is 16.5. The number of carbonyl (C=O) groups is 2. The van der Waals surface area contributed by atoms with Crippen molar-refractivity contribution in [1.82, 2.24) is 0 Å². The van der Waals surface area contributed by atoms with E-state index in [9.17, 15) is 9.59 Å². The number of esters is 1. The Balaban J connectivity index is 4.15. The molecular formula is C8H12O3. The van der Waals surface area contributed by atoms with Gasteiger partial charge in [0, 0.05) is 0 Å². The molecule has 1 unspecified atom stereocenters. The van der Waals surface area contributed by atoms with Crippen LogP contribution >= 0.6 is 0 Å². The van der Waals surface area contributed by atoms with E-state index in [2.05, 4.69) is 4.74 Å². The van der Waals surface area contributed by atoms with E-state index in [1.54, 1.807) is 19.9 Å². The Labute approximate surface area is 66.0 Å². The first-order valence-electron chi connectivity index (χ1n) is 3.33. The summed E-state index contributed by atoms with van der Waals surface area (Å²) in [5.41, 5.74) is 0.544. The molecule has 11 heavy (non-hydrogen) atoms. The van der Waals surface area contributed by atoms with Crippen molar-refractivity contribution in [1.29, 1.82) is 0 Å². The van der Waals surface area contributed by atoms with Gasteiger partial charge in [-0.15, -0.1) is 0 Å². The molecule has 3 heteroatoms. The predicted molar refractivity (Wildman–Crippen MR) is 41.0 cm³/mol. The molecular weight excluding hydrogens is 144 g/mol. The lowest BCUT2D eigenvalue weighted by molar-refractivity contribution is -0.143. The Kier molecular flexibility index (Phi) is 4.18. The molecule has 0 aromatic rings. The van der Waals surface area contributed by atoms with E-state index < -0.39 is 0 Å². The summed E-state index contributed by atoms with van der Waals surface area (Å²) in [5, 5.41) is 0. The molecule has 0 spiro atoms. The molecule has 0 radical (unpaired) electrons. The molecule has 62 valence electrons. The average molecular weight is 156 g/mol. The number of ether oxygens (including phenoxy) is 1. The Morgan fingerprint density at radius 2 is 2.09 bits per heavy atom. The molecule has 0 aromatic carbocycles. The van der Waals surface area contributed by atoms with Gasteiger partial charge < -0.3 is 4.74 Å². The van der Waals surface area contributed by atoms with Gasteiger partial charge in [0.25, 0.3) is 0 Å². The SMILES string of the molecule is COC(=O)C(C)/C=C(\C)C=O. The number of methoxy groups -OCH3 is 1. The van der Waals surface area contributed by atoms with Crippen LogP contribution in [0.2, 0.25) is 0 Å². The molecule has 0 aliphatic heterocycles. The molecule has 0 aliphatic rings. The largest absolute Gasteiger partial charge is 0.469 e. The van der Waals surface area contributed by atoms with E-state index in [0.717, 1.165) is 0 Å². The van der Waals surface area contributed by atoms with Crippen LogP contribution in [0, 0.1) is 5.92 Å². The first-order valence-corrected chi connectivity index (χ1v) is 3.33. The Hall–Kier alpha value is -1.12. The molecule has 3 nitrogen and oxygen atoms in total. The first-order chi connectivity index (χ1) is 5.11. The summed E-state index contributed by atoms with van der Waals surface area (Å²) in [6.45, 7) is 3.32. The number of allylic oxidation sites excluding steroid dienone is 1. The van der Waals surface area contributed by atoms with Crippen LogP contribution in [-0.2, 0) is 14.3 Å². The smallest absolute Gasteiger partial charge is 0.312 e. The van der Waals surface area contributed by atoms with Crippen LogP contribution in [0.15, 0.2) is 11.6 Å². The Bertz CT molecular complexity index is 182. The van der Waals surface area contributed by atoms with E-state index >= 15 is 0 Å². The van der Waals surface area contributed by atoms with E-state index in [4.69, 9.17) is 0 Å². The molecule has 1 atom stereocenters. The zero-order valence-electron chi connectivity index (χ0n) is 6.96. The van der Waals surface area contributed by atoms with Gasteiger partial charge in [0.1, 0.15) is 6.29 Å². The van der Waals surface area contributed by atoms with Gasteiger partial charge in [-0.2, -0.15) is 0 Å². The highest BCUT2D eigenvalue weighted by Crippen LogP contribution is 2.02. The van der Waals surface area contributed by atoms with Crippen LogP contribution < -0.4 is 0 Å². The summed E-state index contributed by atoms with van der Waals surface area (Å²) in [7, 11) is 1.32. The molecule has 0 heterocycles. The van der Waals surface area contributed by atoms with E-state index in [0.29, 0.717) is 11.9 Å². The van der Waals surface area contributed by atoms with Gasteiger partial charge in [0.15, 0.2) is 0 Å². The second-order valence-corrected chi connectivity index (χ2v) is 2.34. The third kappa shape index (κ3) is 3.55. The summed E-state index contributed by atoms with van der Waals surface area (Å²) in [6, 6.07) is 0. The quantitative estimate of drug-likeness (QED) is 0.347. The third-order valence-corrected chi connectivity index (χ3v) is 1.27. The molecule has 0 N–H and O–H groups in total. The zero-order chi connectivity index (χ0) is 8.85. The Morgan fingerprint density at radius 1 is 1.55 bits per heavy atom. The lowest BCUT2D eigenvalue weighted by Crippen LogP contribution is -2.10. The van der Waals surface area contributed by atoms with Gasteiger partial charge in [-0.05, 0) is 19.4 Å². The van der Waals surface area contributed by atoms with E-state index in [1.165, 1.54) is 7.11 Å². The summed E-state index contributed by atoms with van der Waals surface area (Å²) in [6.07, 6.45) is 2.28. The number of hydrogen-bond donors (Lipinski definition) is 0. The van der Waals surface area contributed by atoms with E-state index in [1.807, 2.05) is 0 Å². The van der Waals surface area contributed by atoms with Crippen molar-refractivity contribution in [3.63, 3.8) is 0 Å². The van der Waals surface area contributed by atoms with Gasteiger partial charge >= 0.3 is 5.97 Å². The number of aldehydes is 1. The van der Waals surface area contributed by atoms with Crippen molar-refractivity contribution in [3.05, 3.63) is 11.6 Å².